The summed E-state index contributed by atoms with van der Waals surface area (Å²) in [5.74, 6) is 3.40. The van der Waals surface area contributed by atoms with Crippen LogP contribution in [0.2, 0.25) is 0 Å². The summed E-state index contributed by atoms with van der Waals surface area (Å²) in [5.41, 5.74) is 0.555. The molecule has 0 spiro atoms. The lowest BCUT2D eigenvalue weighted by Gasteiger charge is -2.36. The Morgan fingerprint density at radius 3 is 2.60 bits per heavy atom. The van der Waals surface area contributed by atoms with Gasteiger partial charge in [0.25, 0.3) is 5.91 Å². The highest BCUT2D eigenvalue weighted by Gasteiger charge is 2.27. The molecule has 4 heterocycles. The first-order chi connectivity index (χ1) is 14.7. The Balaban J connectivity index is 1.31. The number of aryl methyl sites for hydroxylation is 1. The minimum Gasteiger partial charge on any atom is -0.486 e. The molecule has 0 radical (unpaired) electrons. The molecule has 0 unspecified atom stereocenters. The number of hydrogen-bond donors (Lipinski definition) is 0. The molecule has 2 aromatic heterocycles. The standard InChI is InChI=1S/C21H22N6O3/c1-15-23-18(14-19(24-15)27-7-3-6-22-27)25-8-10-26(11-9-25)21(28)16-4-2-5-17-20(16)30-13-12-29-17/h2-7,14H,8-13H2,1H3. The zero-order valence-electron chi connectivity index (χ0n) is 16.7. The number of rotatable bonds is 3. The molecule has 5 rings (SSSR count). The first-order valence-electron chi connectivity index (χ1n) is 9.97. The molecular formula is C21H22N6O3. The van der Waals surface area contributed by atoms with Crippen LogP contribution in [0.4, 0.5) is 5.82 Å². The van der Waals surface area contributed by atoms with Crippen LogP contribution in [-0.4, -0.2) is 69.9 Å². The van der Waals surface area contributed by atoms with Crippen molar-refractivity contribution < 1.29 is 14.3 Å². The van der Waals surface area contributed by atoms with E-state index in [1.165, 1.54) is 0 Å². The van der Waals surface area contributed by atoms with Crippen molar-refractivity contribution in [1.82, 2.24) is 24.6 Å². The third-order valence-electron chi connectivity index (χ3n) is 5.24. The SMILES string of the molecule is Cc1nc(N2CCN(C(=O)c3cccc4c3OCCO4)CC2)cc(-n2cccn2)n1. The van der Waals surface area contributed by atoms with E-state index in [1.54, 1.807) is 16.9 Å². The molecule has 0 N–H and O–H groups in total. The number of carbonyl (C=O) groups is 1. The molecule has 1 saturated heterocycles. The Morgan fingerprint density at radius 1 is 1.00 bits per heavy atom. The third kappa shape index (κ3) is 3.42. The van der Waals surface area contributed by atoms with Crippen LogP contribution in [0.1, 0.15) is 16.2 Å². The van der Waals surface area contributed by atoms with Gasteiger partial charge in [-0.3, -0.25) is 4.79 Å². The summed E-state index contributed by atoms with van der Waals surface area (Å²) >= 11 is 0. The molecule has 0 saturated carbocycles. The van der Waals surface area contributed by atoms with Crippen LogP contribution in [0, 0.1) is 6.92 Å². The summed E-state index contributed by atoms with van der Waals surface area (Å²) in [4.78, 5) is 26.2. The highest BCUT2D eigenvalue weighted by Crippen LogP contribution is 2.34. The molecule has 0 aliphatic carbocycles. The molecule has 1 aromatic carbocycles. The van der Waals surface area contributed by atoms with Gasteiger partial charge in [0, 0.05) is 44.6 Å². The van der Waals surface area contributed by atoms with Crippen LogP contribution in [0.3, 0.4) is 0 Å². The molecule has 3 aromatic rings. The number of amides is 1. The molecule has 1 fully saturated rings. The number of ether oxygens (including phenoxy) is 2. The van der Waals surface area contributed by atoms with Crippen LogP contribution in [0.15, 0.2) is 42.7 Å². The predicted molar refractivity (Wildman–Crippen MR) is 109 cm³/mol. The van der Waals surface area contributed by atoms with Crippen molar-refractivity contribution in [1.29, 1.82) is 0 Å². The van der Waals surface area contributed by atoms with Crippen molar-refractivity contribution >= 4 is 11.7 Å². The Bertz CT molecular complexity index is 1060. The van der Waals surface area contributed by atoms with E-state index in [4.69, 9.17) is 9.47 Å². The van der Waals surface area contributed by atoms with Gasteiger partial charge in [-0.25, -0.2) is 14.6 Å². The van der Waals surface area contributed by atoms with Crippen molar-refractivity contribution in [3.63, 3.8) is 0 Å². The molecule has 2 aliphatic rings. The van der Waals surface area contributed by atoms with Gasteiger partial charge < -0.3 is 19.3 Å². The average Bonchev–Trinajstić information content (AvgIpc) is 3.33. The zero-order chi connectivity index (χ0) is 20.5. The second-order valence-corrected chi connectivity index (χ2v) is 7.19. The molecule has 0 atom stereocenters. The Hall–Kier alpha value is -3.62. The van der Waals surface area contributed by atoms with E-state index in [2.05, 4.69) is 20.0 Å². The van der Waals surface area contributed by atoms with Crippen molar-refractivity contribution in [2.75, 3.05) is 44.3 Å². The number of fused-ring (bicyclic) bond motifs is 1. The maximum atomic E-state index is 13.1. The lowest BCUT2D eigenvalue weighted by atomic mass is 10.1. The van der Waals surface area contributed by atoms with Gasteiger partial charge in [0.05, 0.1) is 5.56 Å². The fourth-order valence-electron chi connectivity index (χ4n) is 3.77. The molecule has 9 nitrogen and oxygen atoms in total. The van der Waals surface area contributed by atoms with Gasteiger partial charge in [0.15, 0.2) is 17.3 Å². The average molecular weight is 406 g/mol. The topological polar surface area (TPSA) is 85.6 Å². The molecule has 154 valence electrons. The largest absolute Gasteiger partial charge is 0.486 e. The van der Waals surface area contributed by atoms with Crippen LogP contribution in [0.25, 0.3) is 5.82 Å². The zero-order valence-corrected chi connectivity index (χ0v) is 16.7. The highest BCUT2D eigenvalue weighted by molar-refractivity contribution is 5.98. The number of anilines is 1. The Kier molecular flexibility index (Phi) is 4.70. The van der Waals surface area contributed by atoms with Crippen molar-refractivity contribution in [2.24, 2.45) is 0 Å². The van der Waals surface area contributed by atoms with Gasteiger partial charge in [0.2, 0.25) is 0 Å². The second-order valence-electron chi connectivity index (χ2n) is 7.19. The van der Waals surface area contributed by atoms with Crippen molar-refractivity contribution in [3.05, 3.63) is 54.1 Å². The second kappa shape index (κ2) is 7.66. The van der Waals surface area contributed by atoms with Crippen molar-refractivity contribution in [2.45, 2.75) is 6.92 Å². The molecular weight excluding hydrogens is 384 g/mol. The lowest BCUT2D eigenvalue weighted by Crippen LogP contribution is -2.49. The number of hydrogen-bond acceptors (Lipinski definition) is 7. The van der Waals surface area contributed by atoms with Gasteiger partial charge in [-0.15, -0.1) is 0 Å². The fraction of sp³-hybridized carbons (Fsp3) is 0.333. The van der Waals surface area contributed by atoms with Gasteiger partial charge in [-0.2, -0.15) is 5.10 Å². The van der Waals surface area contributed by atoms with Crippen LogP contribution < -0.4 is 14.4 Å². The van der Waals surface area contributed by atoms with Gasteiger partial charge in [-0.1, -0.05) is 6.07 Å². The van der Waals surface area contributed by atoms with Gasteiger partial charge in [-0.05, 0) is 25.1 Å². The molecule has 9 heteroatoms. The summed E-state index contributed by atoms with van der Waals surface area (Å²) < 4.78 is 13.0. The van der Waals surface area contributed by atoms with E-state index in [0.717, 1.165) is 11.6 Å². The van der Waals surface area contributed by atoms with Crippen molar-refractivity contribution in [3.8, 4) is 17.3 Å². The summed E-state index contributed by atoms with van der Waals surface area (Å²) in [6, 6.07) is 9.25. The molecule has 30 heavy (non-hydrogen) atoms. The smallest absolute Gasteiger partial charge is 0.257 e. The van der Waals surface area contributed by atoms with E-state index in [-0.39, 0.29) is 5.91 Å². The van der Waals surface area contributed by atoms with Crippen LogP contribution in [0.5, 0.6) is 11.5 Å². The Labute approximate surface area is 173 Å². The molecule has 2 aliphatic heterocycles. The quantitative estimate of drug-likeness (QED) is 0.654. The van der Waals surface area contributed by atoms with E-state index in [9.17, 15) is 4.79 Å². The monoisotopic (exact) mass is 406 g/mol. The third-order valence-corrected chi connectivity index (χ3v) is 5.24. The molecule has 0 bridgehead atoms. The van der Waals surface area contributed by atoms with Crippen LogP contribution in [-0.2, 0) is 0 Å². The van der Waals surface area contributed by atoms with Crippen LogP contribution >= 0.6 is 0 Å². The van der Waals surface area contributed by atoms with E-state index in [0.29, 0.717) is 62.3 Å². The fourth-order valence-corrected chi connectivity index (χ4v) is 3.77. The number of piperazine rings is 1. The number of para-hydroxylation sites is 1. The number of aromatic nitrogens is 4. The minimum atomic E-state index is -0.0342. The summed E-state index contributed by atoms with van der Waals surface area (Å²) in [6.07, 6.45) is 3.58. The van der Waals surface area contributed by atoms with E-state index >= 15 is 0 Å². The van der Waals surface area contributed by atoms with Gasteiger partial charge in [0.1, 0.15) is 24.9 Å². The predicted octanol–water partition coefficient (Wildman–Crippen LogP) is 1.70. The lowest BCUT2D eigenvalue weighted by molar-refractivity contribution is 0.0736. The summed E-state index contributed by atoms with van der Waals surface area (Å²) in [5, 5.41) is 4.25. The highest BCUT2D eigenvalue weighted by atomic mass is 16.6. The summed E-state index contributed by atoms with van der Waals surface area (Å²) in [7, 11) is 0. The number of benzene rings is 1. The number of carbonyl (C=O) groups excluding carboxylic acids is 1. The molecule has 1 amide bonds. The number of nitrogens with zero attached hydrogens (tertiary/aromatic N) is 6. The van der Waals surface area contributed by atoms with E-state index in [1.807, 2.05) is 42.3 Å². The Morgan fingerprint density at radius 2 is 1.80 bits per heavy atom. The summed E-state index contributed by atoms with van der Waals surface area (Å²) in [6.45, 7) is 5.41. The maximum absolute atomic E-state index is 13.1. The first-order valence-corrected chi connectivity index (χ1v) is 9.97. The van der Waals surface area contributed by atoms with Gasteiger partial charge >= 0.3 is 0 Å². The first kappa shape index (κ1) is 18.4. The maximum Gasteiger partial charge on any atom is 0.257 e. The normalized spacial score (nSPS) is 15.9. The van der Waals surface area contributed by atoms with E-state index < -0.39 is 0 Å². The minimum absolute atomic E-state index is 0.0342.